The summed E-state index contributed by atoms with van der Waals surface area (Å²) in [5.41, 5.74) is 5.16. The minimum atomic E-state index is 0. The molecule has 56 heavy (non-hydrogen) atoms. The van der Waals surface area contributed by atoms with Crippen molar-refractivity contribution in [2.45, 2.75) is 13.8 Å². The molecule has 0 amide bonds. The van der Waals surface area contributed by atoms with Crippen molar-refractivity contribution >= 4 is 82.5 Å². The van der Waals surface area contributed by atoms with Gasteiger partial charge in [-0.2, -0.15) is 0 Å². The van der Waals surface area contributed by atoms with Gasteiger partial charge in [-0.25, -0.2) is 9.97 Å². The molecule has 0 fully saturated rings. The van der Waals surface area contributed by atoms with E-state index in [1.165, 1.54) is 0 Å². The van der Waals surface area contributed by atoms with Crippen LogP contribution in [0.15, 0.2) is 158 Å². The Balaban J connectivity index is 0.000000142. The van der Waals surface area contributed by atoms with Gasteiger partial charge in [0, 0.05) is 82.2 Å². The molecule has 4 aromatic heterocycles. The number of benzene rings is 6. The largest absolute Gasteiger partial charge is 0.508 e. The predicted molar refractivity (Wildman–Crippen MR) is 224 cm³/mol. The number of hydrogen-bond donors (Lipinski definition) is 4. The van der Waals surface area contributed by atoms with Crippen molar-refractivity contribution in [2.24, 2.45) is 0 Å². The number of phenolic OH excluding ortho intramolecular Hbond substituents is 4. The number of aryl methyl sites for hydroxylation is 2. The first-order valence-corrected chi connectivity index (χ1v) is 17.3. The normalized spacial score (nSPS) is 10.3. The molecule has 10 rings (SSSR count). The van der Waals surface area contributed by atoms with Gasteiger partial charge in [-0.05, 0) is 108 Å². The van der Waals surface area contributed by atoms with Crippen LogP contribution < -0.4 is 0 Å². The monoisotopic (exact) mass is 799 g/mol. The number of rotatable bonds is 0. The third-order valence-electron chi connectivity index (χ3n) is 8.85. The second kappa shape index (κ2) is 18.4. The Morgan fingerprint density at radius 1 is 0.393 bits per heavy atom. The summed E-state index contributed by atoms with van der Waals surface area (Å²) in [6.07, 6.45) is 3.57. The SMILES string of the molecule is Cc1ccc2cccc(O)c2n1.Cc1ccc2cccc(O)c2n1.Oc1ccc2c(ccc3ncccc32)c1.Oc1ccc2c(ccc3ncccc32)c1.[Al].[Zn]. The van der Waals surface area contributed by atoms with Crippen LogP contribution in [0, 0.1) is 13.8 Å². The van der Waals surface area contributed by atoms with Gasteiger partial charge in [0.15, 0.2) is 0 Å². The smallest absolute Gasteiger partial charge is 0.141 e. The van der Waals surface area contributed by atoms with Gasteiger partial charge in [-0.3, -0.25) is 9.97 Å². The van der Waals surface area contributed by atoms with Gasteiger partial charge >= 0.3 is 0 Å². The first-order chi connectivity index (χ1) is 26.2. The summed E-state index contributed by atoms with van der Waals surface area (Å²) < 4.78 is 0. The number of nitrogens with zero attached hydrogens (tertiary/aromatic N) is 4. The van der Waals surface area contributed by atoms with E-state index in [4.69, 9.17) is 0 Å². The standard InChI is InChI=1S/2C13H9NO.2C10H9NO.Al.Zn/c2*15-10-4-5-11-9(8-10)3-6-13-12(11)2-1-7-14-13;2*1-7-5-6-8-3-2-4-9(12)10(8)11-7;;/h2*1-8,15H;2*2-6,12H,1H3;;. The first kappa shape index (κ1) is 41.0. The molecule has 0 aliphatic heterocycles. The Morgan fingerprint density at radius 2 is 0.804 bits per heavy atom. The van der Waals surface area contributed by atoms with Crippen LogP contribution in [-0.4, -0.2) is 57.7 Å². The Kier molecular flexibility index (Phi) is 13.5. The van der Waals surface area contributed by atoms with Gasteiger partial charge in [0.25, 0.3) is 0 Å². The zero-order valence-corrected chi connectivity index (χ0v) is 35.0. The molecule has 4 N–H and O–H groups in total. The van der Waals surface area contributed by atoms with Crippen molar-refractivity contribution in [3.8, 4) is 23.0 Å². The number of hydrogen-bond acceptors (Lipinski definition) is 8. The quantitative estimate of drug-likeness (QED) is 0.0880. The number of pyridine rings is 4. The van der Waals surface area contributed by atoms with E-state index in [-0.39, 0.29) is 48.3 Å². The molecular weight excluding hydrogens is 765 g/mol. The summed E-state index contributed by atoms with van der Waals surface area (Å²) in [7, 11) is 0. The average molecular weight is 801 g/mol. The second-order valence-electron chi connectivity index (χ2n) is 12.7. The molecule has 6 aromatic carbocycles. The average Bonchev–Trinajstić information content (AvgIpc) is 3.19. The molecule has 0 atom stereocenters. The number of para-hydroxylation sites is 2. The summed E-state index contributed by atoms with van der Waals surface area (Å²) in [6, 6.07) is 45.2. The van der Waals surface area contributed by atoms with Gasteiger partial charge in [-0.15, -0.1) is 0 Å². The minimum absolute atomic E-state index is 0. The summed E-state index contributed by atoms with van der Waals surface area (Å²) in [6.45, 7) is 3.82. The molecule has 10 aromatic rings. The topological polar surface area (TPSA) is 132 Å². The third kappa shape index (κ3) is 9.37. The second-order valence-corrected chi connectivity index (χ2v) is 12.7. The van der Waals surface area contributed by atoms with Crippen molar-refractivity contribution in [1.82, 2.24) is 19.9 Å². The molecule has 269 valence electrons. The van der Waals surface area contributed by atoms with Crippen LogP contribution in [0.1, 0.15) is 11.4 Å². The maximum Gasteiger partial charge on any atom is 0.141 e. The summed E-state index contributed by atoms with van der Waals surface area (Å²) in [4.78, 5) is 17.0. The van der Waals surface area contributed by atoms with Gasteiger partial charge in [0.05, 0.1) is 11.0 Å². The van der Waals surface area contributed by atoms with Crippen molar-refractivity contribution in [3.63, 3.8) is 0 Å². The van der Waals surface area contributed by atoms with Gasteiger partial charge in [0.1, 0.15) is 34.0 Å². The van der Waals surface area contributed by atoms with E-state index in [0.29, 0.717) is 22.5 Å². The van der Waals surface area contributed by atoms with Crippen LogP contribution in [0.2, 0.25) is 0 Å². The van der Waals surface area contributed by atoms with E-state index in [1.807, 2.05) is 123 Å². The van der Waals surface area contributed by atoms with Crippen LogP contribution in [-0.2, 0) is 19.5 Å². The van der Waals surface area contributed by atoms with E-state index in [1.54, 1.807) is 48.8 Å². The zero-order chi connectivity index (χ0) is 37.6. The van der Waals surface area contributed by atoms with Crippen LogP contribution in [0.4, 0.5) is 0 Å². The molecule has 0 saturated heterocycles. The maximum atomic E-state index is 9.43. The van der Waals surface area contributed by atoms with Crippen LogP contribution in [0.3, 0.4) is 0 Å². The molecule has 4 heterocycles. The van der Waals surface area contributed by atoms with Crippen molar-refractivity contribution in [3.05, 3.63) is 169 Å². The van der Waals surface area contributed by atoms with Gasteiger partial charge < -0.3 is 20.4 Å². The van der Waals surface area contributed by atoms with E-state index in [2.05, 4.69) is 19.9 Å². The van der Waals surface area contributed by atoms with E-state index in [9.17, 15) is 20.4 Å². The third-order valence-corrected chi connectivity index (χ3v) is 8.85. The van der Waals surface area contributed by atoms with Crippen molar-refractivity contribution < 1.29 is 39.9 Å². The van der Waals surface area contributed by atoms with E-state index in [0.717, 1.165) is 65.5 Å². The summed E-state index contributed by atoms with van der Waals surface area (Å²) in [5, 5.41) is 46.1. The number of aromatic hydroxyl groups is 4. The molecule has 10 heteroatoms. The molecule has 8 nitrogen and oxygen atoms in total. The van der Waals surface area contributed by atoms with Crippen LogP contribution >= 0.6 is 0 Å². The molecule has 0 spiro atoms. The molecule has 0 aliphatic carbocycles. The molecule has 3 radical (unpaired) electrons. The molecule has 0 aliphatic rings. The van der Waals surface area contributed by atoms with E-state index >= 15 is 0 Å². The Hall–Kier alpha value is -6.16. The number of aromatic nitrogens is 4. The fraction of sp³-hybridized carbons (Fsp3) is 0.0435. The molecule has 0 unspecified atom stereocenters. The van der Waals surface area contributed by atoms with Crippen LogP contribution in [0.25, 0.3) is 65.2 Å². The molecule has 0 saturated carbocycles. The summed E-state index contributed by atoms with van der Waals surface area (Å²) >= 11 is 0. The molecular formula is C46H36AlN4O4Zn. The fourth-order valence-corrected chi connectivity index (χ4v) is 6.22. The van der Waals surface area contributed by atoms with Gasteiger partial charge in [0.2, 0.25) is 0 Å². The predicted octanol–water partition coefficient (Wildman–Crippen LogP) is 10.3. The minimum Gasteiger partial charge on any atom is -0.508 e. The van der Waals surface area contributed by atoms with Crippen molar-refractivity contribution in [2.75, 3.05) is 0 Å². The first-order valence-electron chi connectivity index (χ1n) is 17.3. The summed E-state index contributed by atoms with van der Waals surface area (Å²) in [5.74, 6) is 1.09. The Morgan fingerprint density at radius 3 is 1.23 bits per heavy atom. The fourth-order valence-electron chi connectivity index (χ4n) is 6.22. The van der Waals surface area contributed by atoms with Gasteiger partial charge in [-0.1, -0.05) is 72.8 Å². The number of phenols is 4. The zero-order valence-electron chi connectivity index (χ0n) is 30.9. The number of fused-ring (bicyclic) bond motifs is 8. The van der Waals surface area contributed by atoms with E-state index < -0.39 is 0 Å². The van der Waals surface area contributed by atoms with Crippen LogP contribution in [0.5, 0.6) is 23.0 Å². The Labute approximate surface area is 346 Å². The molecule has 0 bridgehead atoms. The maximum absolute atomic E-state index is 9.43. The van der Waals surface area contributed by atoms with Crippen molar-refractivity contribution in [1.29, 1.82) is 0 Å². The Bertz CT molecular complexity index is 2750.